The summed E-state index contributed by atoms with van der Waals surface area (Å²) in [6.45, 7) is 16.1. The summed E-state index contributed by atoms with van der Waals surface area (Å²) in [4.78, 5) is 0. The number of hydrogen-bond donors (Lipinski definition) is 0. The Bertz CT molecular complexity index is 331. The highest BCUT2D eigenvalue weighted by Crippen LogP contribution is 2.41. The summed E-state index contributed by atoms with van der Waals surface area (Å²) in [6, 6.07) is 0. The lowest BCUT2D eigenvalue weighted by Gasteiger charge is -2.45. The maximum Gasteiger partial charge on any atom is 0.0636 e. The van der Waals surface area contributed by atoms with E-state index in [2.05, 4.69) is 41.5 Å². The van der Waals surface area contributed by atoms with Crippen LogP contribution >= 0.6 is 0 Å². The number of rotatable bonds is 11. The largest absolute Gasteiger partial charge is 0.384 e. The van der Waals surface area contributed by atoms with Gasteiger partial charge < -0.3 is 14.2 Å². The molecule has 150 valence electrons. The van der Waals surface area contributed by atoms with Crippen LogP contribution in [0, 0.1) is 35.0 Å². The van der Waals surface area contributed by atoms with Crippen LogP contribution in [0.2, 0.25) is 0 Å². The summed E-state index contributed by atoms with van der Waals surface area (Å²) in [5.41, 5.74) is -0.0568. The van der Waals surface area contributed by atoms with E-state index in [1.807, 2.05) is 0 Å². The van der Waals surface area contributed by atoms with E-state index in [1.54, 1.807) is 14.2 Å². The van der Waals surface area contributed by atoms with E-state index in [0.717, 1.165) is 13.0 Å². The van der Waals surface area contributed by atoms with Crippen molar-refractivity contribution in [1.29, 1.82) is 0 Å². The molecule has 0 aromatic carbocycles. The molecule has 0 heterocycles. The quantitative estimate of drug-likeness (QED) is 0.494. The normalized spacial score (nSPS) is 26.4. The first-order chi connectivity index (χ1) is 11.8. The van der Waals surface area contributed by atoms with Gasteiger partial charge in [0.1, 0.15) is 0 Å². The van der Waals surface area contributed by atoms with Gasteiger partial charge in [0.15, 0.2) is 0 Å². The van der Waals surface area contributed by atoms with Crippen molar-refractivity contribution in [2.24, 2.45) is 35.0 Å². The lowest BCUT2D eigenvalue weighted by atomic mass is 9.69. The lowest BCUT2D eigenvalue weighted by molar-refractivity contribution is -0.140. The summed E-state index contributed by atoms with van der Waals surface area (Å²) in [5.74, 6) is 3.19. The molecule has 0 spiro atoms. The van der Waals surface area contributed by atoms with Crippen LogP contribution in [-0.4, -0.2) is 40.1 Å². The Labute approximate surface area is 157 Å². The third-order valence-electron chi connectivity index (χ3n) is 6.72. The summed E-state index contributed by atoms with van der Waals surface area (Å²) >= 11 is 0. The van der Waals surface area contributed by atoms with E-state index in [1.165, 1.54) is 19.3 Å². The zero-order valence-corrected chi connectivity index (χ0v) is 18.1. The average Bonchev–Trinajstić information content (AvgIpc) is 2.58. The molecule has 0 radical (unpaired) electrons. The van der Waals surface area contributed by atoms with Crippen molar-refractivity contribution >= 4 is 0 Å². The Morgan fingerprint density at radius 2 is 1.32 bits per heavy atom. The van der Waals surface area contributed by atoms with Crippen LogP contribution in [0.3, 0.4) is 0 Å². The van der Waals surface area contributed by atoms with E-state index in [9.17, 15) is 0 Å². The first-order valence-corrected chi connectivity index (χ1v) is 10.4. The SMILES string of the molecule is CCC(C)C(COC)(COC)COC1C(C(C)C)CCCC1C(C)C. The molecule has 0 saturated heterocycles. The highest BCUT2D eigenvalue weighted by atomic mass is 16.5. The minimum Gasteiger partial charge on any atom is -0.384 e. The molecule has 3 nitrogen and oxygen atoms in total. The number of hydrogen-bond acceptors (Lipinski definition) is 3. The predicted molar refractivity (Wildman–Crippen MR) is 106 cm³/mol. The van der Waals surface area contributed by atoms with Gasteiger partial charge in [-0.25, -0.2) is 0 Å². The first kappa shape index (κ1) is 22.9. The van der Waals surface area contributed by atoms with Gasteiger partial charge in [-0.05, 0) is 42.4 Å². The molecule has 0 bridgehead atoms. The minimum atomic E-state index is -0.0568. The predicted octanol–water partition coefficient (Wildman–Crippen LogP) is 5.43. The fourth-order valence-electron chi connectivity index (χ4n) is 4.73. The lowest BCUT2D eigenvalue weighted by Crippen LogP contribution is -2.47. The molecule has 1 aliphatic rings. The third-order valence-corrected chi connectivity index (χ3v) is 6.72. The molecule has 1 saturated carbocycles. The fraction of sp³-hybridized carbons (Fsp3) is 1.00. The van der Waals surface area contributed by atoms with Gasteiger partial charge in [0.2, 0.25) is 0 Å². The molecule has 3 unspecified atom stereocenters. The Kier molecular flexibility index (Phi) is 9.98. The van der Waals surface area contributed by atoms with Gasteiger partial charge in [-0.3, -0.25) is 0 Å². The maximum atomic E-state index is 6.76. The second kappa shape index (κ2) is 10.9. The first-order valence-electron chi connectivity index (χ1n) is 10.4. The zero-order chi connectivity index (χ0) is 19.0. The van der Waals surface area contributed by atoms with Gasteiger partial charge in [-0.1, -0.05) is 54.4 Å². The smallest absolute Gasteiger partial charge is 0.0636 e. The van der Waals surface area contributed by atoms with Gasteiger partial charge >= 0.3 is 0 Å². The van der Waals surface area contributed by atoms with Crippen LogP contribution in [0.15, 0.2) is 0 Å². The van der Waals surface area contributed by atoms with Gasteiger partial charge in [-0.2, -0.15) is 0 Å². The van der Waals surface area contributed by atoms with Crippen molar-refractivity contribution in [3.05, 3.63) is 0 Å². The standard InChI is InChI=1S/C22H44O3/c1-9-18(6)22(13-23-7,14-24-8)15-25-21-19(16(2)3)11-10-12-20(21)17(4)5/h16-21H,9-15H2,1-8H3. The van der Waals surface area contributed by atoms with E-state index in [4.69, 9.17) is 14.2 Å². The van der Waals surface area contributed by atoms with Crippen LogP contribution in [0.5, 0.6) is 0 Å². The molecule has 1 fully saturated rings. The Hall–Kier alpha value is -0.120. The Morgan fingerprint density at radius 3 is 1.68 bits per heavy atom. The van der Waals surface area contributed by atoms with Crippen molar-refractivity contribution in [1.82, 2.24) is 0 Å². The number of ether oxygens (including phenoxy) is 3. The van der Waals surface area contributed by atoms with Crippen molar-refractivity contribution in [3.63, 3.8) is 0 Å². The minimum absolute atomic E-state index is 0.0568. The molecule has 25 heavy (non-hydrogen) atoms. The van der Waals surface area contributed by atoms with E-state index < -0.39 is 0 Å². The molecule has 0 aromatic rings. The Morgan fingerprint density at radius 1 is 0.840 bits per heavy atom. The van der Waals surface area contributed by atoms with E-state index >= 15 is 0 Å². The van der Waals surface area contributed by atoms with Crippen molar-refractivity contribution in [2.45, 2.75) is 73.3 Å². The van der Waals surface area contributed by atoms with Crippen LogP contribution in [0.4, 0.5) is 0 Å². The van der Waals surface area contributed by atoms with Gasteiger partial charge in [0, 0.05) is 19.6 Å². The summed E-state index contributed by atoms with van der Waals surface area (Å²) in [5, 5.41) is 0. The second-order valence-corrected chi connectivity index (χ2v) is 9.06. The summed E-state index contributed by atoms with van der Waals surface area (Å²) < 4.78 is 18.0. The molecule has 0 amide bonds. The van der Waals surface area contributed by atoms with Crippen LogP contribution in [-0.2, 0) is 14.2 Å². The molecule has 1 aliphatic carbocycles. The second-order valence-electron chi connectivity index (χ2n) is 9.06. The third kappa shape index (κ3) is 5.94. The van der Waals surface area contributed by atoms with Gasteiger partial charge in [0.25, 0.3) is 0 Å². The molecule has 3 heteroatoms. The topological polar surface area (TPSA) is 27.7 Å². The number of methoxy groups -OCH3 is 2. The van der Waals surface area contributed by atoms with Crippen molar-refractivity contribution in [2.75, 3.05) is 34.0 Å². The zero-order valence-electron chi connectivity index (χ0n) is 18.1. The van der Waals surface area contributed by atoms with Crippen LogP contribution in [0.25, 0.3) is 0 Å². The molecular formula is C22H44O3. The average molecular weight is 357 g/mol. The van der Waals surface area contributed by atoms with Gasteiger partial charge in [-0.15, -0.1) is 0 Å². The maximum absolute atomic E-state index is 6.76. The summed E-state index contributed by atoms with van der Waals surface area (Å²) in [6.07, 6.45) is 5.43. The highest BCUT2D eigenvalue weighted by Gasteiger charge is 2.41. The highest BCUT2D eigenvalue weighted by molar-refractivity contribution is 4.89. The van der Waals surface area contributed by atoms with Crippen molar-refractivity contribution < 1.29 is 14.2 Å². The molecule has 0 aromatic heterocycles. The molecule has 1 rings (SSSR count). The fourth-order valence-corrected chi connectivity index (χ4v) is 4.73. The molecule has 0 aliphatic heterocycles. The van der Waals surface area contributed by atoms with Crippen LogP contribution in [0.1, 0.15) is 67.2 Å². The van der Waals surface area contributed by atoms with Crippen LogP contribution < -0.4 is 0 Å². The van der Waals surface area contributed by atoms with Gasteiger partial charge in [0.05, 0.1) is 25.9 Å². The monoisotopic (exact) mass is 356 g/mol. The summed E-state index contributed by atoms with van der Waals surface area (Å²) in [7, 11) is 3.59. The van der Waals surface area contributed by atoms with E-state index in [0.29, 0.717) is 48.9 Å². The molecular weight excluding hydrogens is 312 g/mol. The Balaban J connectivity index is 2.98. The van der Waals surface area contributed by atoms with Crippen molar-refractivity contribution in [3.8, 4) is 0 Å². The van der Waals surface area contributed by atoms with E-state index in [-0.39, 0.29) is 5.41 Å². The molecule has 3 atom stereocenters. The molecule has 0 N–H and O–H groups in total.